The van der Waals surface area contributed by atoms with E-state index >= 15 is 0 Å². The molecule has 0 saturated carbocycles. The molecule has 0 spiro atoms. The summed E-state index contributed by atoms with van der Waals surface area (Å²) in [6, 6.07) is 4.07. The number of hydrogen-bond donors (Lipinski definition) is 1. The number of nitrogens with zero attached hydrogens (tertiary/aromatic N) is 5. The fourth-order valence-corrected chi connectivity index (χ4v) is 1.79. The fourth-order valence-electron chi connectivity index (χ4n) is 1.79. The molecule has 1 aromatic carbocycles. The molecule has 2 aromatic rings. The number of rotatable bonds is 6. The van der Waals surface area contributed by atoms with Gasteiger partial charge in [-0.3, -0.25) is 30.3 Å². The molecule has 0 saturated heterocycles. The van der Waals surface area contributed by atoms with E-state index in [1.165, 1.54) is 0 Å². The first kappa shape index (κ1) is 17.1. The Balaban J connectivity index is 2.52. The third-order valence-corrected chi connectivity index (χ3v) is 2.85. The van der Waals surface area contributed by atoms with Crippen molar-refractivity contribution < 1.29 is 19.7 Å². The molecule has 0 radical (unpaired) electrons. The van der Waals surface area contributed by atoms with Gasteiger partial charge in [-0.05, 0) is 16.0 Å². The maximum absolute atomic E-state index is 11.0. The van der Waals surface area contributed by atoms with Crippen LogP contribution >= 0.6 is 0 Å². The van der Waals surface area contributed by atoms with Gasteiger partial charge in [-0.25, -0.2) is 0 Å². The Morgan fingerprint density at radius 1 is 0.760 bits per heavy atom. The lowest BCUT2D eigenvalue weighted by atomic mass is 10.2. The zero-order valence-electron chi connectivity index (χ0n) is 11.9. The van der Waals surface area contributed by atoms with Gasteiger partial charge in [0.15, 0.2) is 0 Å². The monoisotopic (exact) mass is 350 g/mol. The molecule has 1 heterocycles. The first-order valence-electron chi connectivity index (χ1n) is 6.19. The Bertz CT molecular complexity index is 881. The van der Waals surface area contributed by atoms with Crippen molar-refractivity contribution in [2.75, 3.05) is 5.32 Å². The van der Waals surface area contributed by atoms with Crippen molar-refractivity contribution in [3.8, 4) is 0 Å². The molecule has 0 bridgehead atoms. The van der Waals surface area contributed by atoms with Crippen LogP contribution < -0.4 is 5.32 Å². The number of nitro groups is 4. The van der Waals surface area contributed by atoms with E-state index in [1.54, 1.807) is 0 Å². The van der Waals surface area contributed by atoms with Gasteiger partial charge in [0.2, 0.25) is 0 Å². The molecule has 0 fully saturated rings. The Kier molecular flexibility index (Phi) is 4.44. The number of benzene rings is 1. The highest BCUT2D eigenvalue weighted by Gasteiger charge is 2.24. The molecule has 0 unspecified atom stereocenters. The Morgan fingerprint density at radius 3 is 1.92 bits per heavy atom. The highest BCUT2D eigenvalue weighted by molar-refractivity contribution is 5.71. The Labute approximate surface area is 136 Å². The molecule has 0 aliphatic carbocycles. The van der Waals surface area contributed by atoms with Crippen molar-refractivity contribution in [2.45, 2.75) is 0 Å². The van der Waals surface area contributed by atoms with Gasteiger partial charge >= 0.3 is 5.82 Å². The number of nitrogens with one attached hydrogen (secondary N) is 1. The van der Waals surface area contributed by atoms with Crippen LogP contribution in [0, 0.1) is 40.5 Å². The normalized spacial score (nSPS) is 10.1. The molecular weight excluding hydrogens is 344 g/mol. The van der Waals surface area contributed by atoms with Crippen LogP contribution in [-0.4, -0.2) is 24.7 Å². The van der Waals surface area contributed by atoms with Gasteiger partial charge < -0.3 is 15.4 Å². The number of anilines is 2. The quantitative estimate of drug-likeness (QED) is 0.596. The lowest BCUT2D eigenvalue weighted by Crippen LogP contribution is -2.03. The van der Waals surface area contributed by atoms with Crippen molar-refractivity contribution in [1.82, 2.24) is 4.98 Å². The third-order valence-electron chi connectivity index (χ3n) is 2.85. The molecule has 0 aliphatic heterocycles. The summed E-state index contributed by atoms with van der Waals surface area (Å²) in [4.78, 5) is 43.2. The Hall–Kier alpha value is -4.23. The minimum absolute atomic E-state index is 0.280. The average Bonchev–Trinajstić information content (AvgIpc) is 2.54. The second-order valence-electron chi connectivity index (χ2n) is 4.42. The molecule has 14 heteroatoms. The van der Waals surface area contributed by atoms with Gasteiger partial charge in [0.05, 0.1) is 26.9 Å². The van der Waals surface area contributed by atoms with Crippen LogP contribution in [0.5, 0.6) is 0 Å². The number of pyridine rings is 1. The first-order valence-corrected chi connectivity index (χ1v) is 6.19. The van der Waals surface area contributed by atoms with Gasteiger partial charge in [0.25, 0.3) is 22.9 Å². The molecule has 128 valence electrons. The van der Waals surface area contributed by atoms with Crippen LogP contribution in [0.1, 0.15) is 0 Å². The standard InChI is InChI=1S/C11H6N6O8/c18-14(19)6-1-2-8(9(3-6)16(22)23)12-10-4-7(15(20)21)5-11(13-10)17(24)25/h1-5H,(H,12,13). The predicted octanol–water partition coefficient (Wildman–Crippen LogP) is 2.46. The fraction of sp³-hybridized carbons (Fsp3) is 0. The van der Waals surface area contributed by atoms with Crippen LogP contribution in [-0.2, 0) is 0 Å². The van der Waals surface area contributed by atoms with E-state index < -0.39 is 48.4 Å². The van der Waals surface area contributed by atoms with E-state index in [1.807, 2.05) is 0 Å². The maximum atomic E-state index is 11.0. The van der Waals surface area contributed by atoms with Crippen LogP contribution in [0.25, 0.3) is 0 Å². The number of nitro benzene ring substituents is 2. The molecule has 2 rings (SSSR count). The first-order chi connectivity index (χ1) is 11.7. The molecule has 0 aliphatic rings. The topological polar surface area (TPSA) is 197 Å². The smallest absolute Gasteiger partial charge is 0.358 e. The van der Waals surface area contributed by atoms with Gasteiger partial charge in [-0.2, -0.15) is 0 Å². The van der Waals surface area contributed by atoms with Crippen LogP contribution in [0.4, 0.5) is 34.4 Å². The molecule has 25 heavy (non-hydrogen) atoms. The van der Waals surface area contributed by atoms with Crippen molar-refractivity contribution >= 4 is 34.4 Å². The molecule has 0 amide bonds. The van der Waals surface area contributed by atoms with E-state index in [0.29, 0.717) is 12.1 Å². The van der Waals surface area contributed by atoms with Gasteiger partial charge in [-0.1, -0.05) is 0 Å². The van der Waals surface area contributed by atoms with Crippen molar-refractivity contribution in [3.63, 3.8) is 0 Å². The zero-order chi connectivity index (χ0) is 18.7. The number of hydrogen-bond acceptors (Lipinski definition) is 10. The highest BCUT2D eigenvalue weighted by Crippen LogP contribution is 2.32. The van der Waals surface area contributed by atoms with E-state index in [0.717, 1.165) is 18.2 Å². The molecule has 14 nitrogen and oxygen atoms in total. The number of non-ortho nitro benzene ring substituents is 1. The molecule has 1 N–H and O–H groups in total. The maximum Gasteiger partial charge on any atom is 0.372 e. The number of aromatic nitrogens is 1. The minimum Gasteiger partial charge on any atom is -0.358 e. The lowest BCUT2D eigenvalue weighted by Gasteiger charge is -2.04. The summed E-state index contributed by atoms with van der Waals surface area (Å²) in [7, 11) is 0. The van der Waals surface area contributed by atoms with Gasteiger partial charge in [0, 0.05) is 6.07 Å². The van der Waals surface area contributed by atoms with Crippen molar-refractivity contribution in [3.05, 3.63) is 70.8 Å². The van der Waals surface area contributed by atoms with E-state index in [-0.39, 0.29) is 5.69 Å². The van der Waals surface area contributed by atoms with E-state index in [2.05, 4.69) is 10.3 Å². The summed E-state index contributed by atoms with van der Waals surface area (Å²) in [6.45, 7) is 0. The van der Waals surface area contributed by atoms with E-state index in [4.69, 9.17) is 0 Å². The summed E-state index contributed by atoms with van der Waals surface area (Å²) in [5, 5.41) is 45.7. The second-order valence-corrected chi connectivity index (χ2v) is 4.42. The van der Waals surface area contributed by atoms with Gasteiger partial charge in [0.1, 0.15) is 11.8 Å². The van der Waals surface area contributed by atoms with Crippen molar-refractivity contribution in [1.29, 1.82) is 0 Å². The van der Waals surface area contributed by atoms with Gasteiger partial charge in [-0.15, -0.1) is 0 Å². The predicted molar refractivity (Wildman–Crippen MR) is 80.6 cm³/mol. The summed E-state index contributed by atoms with van der Waals surface area (Å²) >= 11 is 0. The molecule has 0 atom stereocenters. The largest absolute Gasteiger partial charge is 0.372 e. The Morgan fingerprint density at radius 2 is 1.40 bits per heavy atom. The van der Waals surface area contributed by atoms with Crippen LogP contribution in [0.3, 0.4) is 0 Å². The zero-order valence-corrected chi connectivity index (χ0v) is 11.9. The SMILES string of the molecule is O=[N+]([O-])c1cc(Nc2ccc([N+](=O)[O-])cc2[N+](=O)[O-])nc([N+](=O)[O-])c1. The average molecular weight is 350 g/mol. The molecular formula is C11H6N6O8. The lowest BCUT2D eigenvalue weighted by molar-refractivity contribution is -0.397. The second kappa shape index (κ2) is 6.49. The van der Waals surface area contributed by atoms with Crippen LogP contribution in [0.15, 0.2) is 30.3 Å². The summed E-state index contributed by atoms with van der Waals surface area (Å²) < 4.78 is 0. The molecule has 1 aromatic heterocycles. The summed E-state index contributed by atoms with van der Waals surface area (Å²) in [5.41, 5.74) is -2.19. The summed E-state index contributed by atoms with van der Waals surface area (Å²) in [6.07, 6.45) is 0. The third kappa shape index (κ3) is 3.76. The summed E-state index contributed by atoms with van der Waals surface area (Å²) in [5.74, 6) is -1.25. The van der Waals surface area contributed by atoms with Crippen LogP contribution in [0.2, 0.25) is 0 Å². The van der Waals surface area contributed by atoms with E-state index in [9.17, 15) is 40.5 Å². The van der Waals surface area contributed by atoms with Crippen molar-refractivity contribution in [2.24, 2.45) is 0 Å². The highest BCUT2D eigenvalue weighted by atomic mass is 16.6. The minimum atomic E-state index is -0.970.